The summed E-state index contributed by atoms with van der Waals surface area (Å²) in [5.74, 6) is -0.334. The van der Waals surface area contributed by atoms with Crippen LogP contribution in [0.4, 0.5) is 0 Å². The Morgan fingerprint density at radius 1 is 1.50 bits per heavy atom. The Morgan fingerprint density at radius 3 is 2.75 bits per heavy atom. The molecule has 0 radical (unpaired) electrons. The van der Waals surface area contributed by atoms with Crippen molar-refractivity contribution in [2.75, 3.05) is 13.7 Å². The summed E-state index contributed by atoms with van der Waals surface area (Å²) in [5.41, 5.74) is 8.06. The first-order valence-corrected chi connectivity index (χ1v) is 5.78. The number of hydrogen-bond acceptors (Lipinski definition) is 6. The van der Waals surface area contributed by atoms with E-state index in [1.807, 2.05) is 0 Å². The van der Waals surface area contributed by atoms with Gasteiger partial charge in [0.05, 0.1) is 13.2 Å². The van der Waals surface area contributed by atoms with E-state index in [1.165, 1.54) is 19.2 Å². The molecule has 0 saturated carbocycles. The molecular formula is C12H15N3O5. The maximum atomic E-state index is 11.0. The summed E-state index contributed by atoms with van der Waals surface area (Å²) in [7, 11) is 1.32. The lowest BCUT2D eigenvalue weighted by atomic mass is 9.96. The number of aliphatic hydroxyl groups excluding tert-OH is 2. The van der Waals surface area contributed by atoms with Crippen molar-refractivity contribution in [3.8, 4) is 11.5 Å². The van der Waals surface area contributed by atoms with Crippen molar-refractivity contribution in [3.63, 3.8) is 0 Å². The van der Waals surface area contributed by atoms with E-state index in [4.69, 9.17) is 10.3 Å². The molecule has 8 heteroatoms. The van der Waals surface area contributed by atoms with E-state index in [0.717, 1.165) is 0 Å². The lowest BCUT2D eigenvalue weighted by molar-refractivity contribution is 0.0132. The molecule has 3 N–H and O–H groups in total. The largest absolute Gasteiger partial charge is 0.504 e. The molecule has 1 aromatic carbocycles. The third-order valence-corrected chi connectivity index (χ3v) is 2.81. The predicted octanol–water partition coefficient (Wildman–Crippen LogP) is 1.31. The van der Waals surface area contributed by atoms with Gasteiger partial charge in [-0.15, -0.1) is 0 Å². The molecule has 0 saturated heterocycles. The molecule has 0 aliphatic carbocycles. The number of aldehydes is 1. The molecule has 2 atom stereocenters. The number of benzene rings is 1. The van der Waals surface area contributed by atoms with Gasteiger partial charge < -0.3 is 20.1 Å². The highest BCUT2D eigenvalue weighted by Gasteiger charge is 2.25. The number of methoxy groups -OCH3 is 1. The first-order valence-electron chi connectivity index (χ1n) is 5.78. The molecule has 0 aliphatic rings. The third-order valence-electron chi connectivity index (χ3n) is 2.81. The standard InChI is InChI=1S/C12H15N3O5/c1-20-9-3-2-7(6-16)10(12(9)19)11(18)8(17)4-5-14-15-13/h2-3,6,8,11,17-19H,4-5H2,1H3. The Labute approximate surface area is 114 Å². The lowest BCUT2D eigenvalue weighted by Gasteiger charge is -2.21. The molecule has 0 bridgehead atoms. The zero-order valence-electron chi connectivity index (χ0n) is 10.8. The topological polar surface area (TPSA) is 136 Å². The van der Waals surface area contributed by atoms with Gasteiger partial charge in [-0.05, 0) is 24.1 Å². The second-order valence-electron chi connectivity index (χ2n) is 3.99. The molecule has 0 spiro atoms. The highest BCUT2D eigenvalue weighted by Crippen LogP contribution is 2.37. The van der Waals surface area contributed by atoms with Gasteiger partial charge in [0.2, 0.25) is 0 Å². The van der Waals surface area contributed by atoms with Crippen molar-refractivity contribution in [3.05, 3.63) is 33.7 Å². The Balaban J connectivity index is 3.09. The second-order valence-corrected chi connectivity index (χ2v) is 3.99. The first-order chi connectivity index (χ1) is 9.56. The number of rotatable bonds is 7. The highest BCUT2D eigenvalue weighted by molar-refractivity contribution is 5.80. The number of ether oxygens (including phenoxy) is 1. The molecule has 1 rings (SSSR count). The van der Waals surface area contributed by atoms with Crippen LogP contribution in [-0.4, -0.2) is 41.4 Å². The number of carbonyl (C=O) groups excluding carboxylic acids is 1. The predicted molar refractivity (Wildman–Crippen MR) is 69.6 cm³/mol. The van der Waals surface area contributed by atoms with Crippen LogP contribution in [0, 0.1) is 0 Å². The van der Waals surface area contributed by atoms with Crippen LogP contribution in [0.1, 0.15) is 28.4 Å². The quantitative estimate of drug-likeness (QED) is 0.299. The minimum atomic E-state index is -1.50. The van der Waals surface area contributed by atoms with Crippen molar-refractivity contribution < 1.29 is 24.9 Å². The Morgan fingerprint density at radius 2 is 2.20 bits per heavy atom. The average molecular weight is 281 g/mol. The van der Waals surface area contributed by atoms with Crippen LogP contribution in [-0.2, 0) is 0 Å². The second kappa shape index (κ2) is 7.34. The van der Waals surface area contributed by atoms with Gasteiger partial charge in [0, 0.05) is 22.6 Å². The zero-order valence-corrected chi connectivity index (χ0v) is 10.8. The van der Waals surface area contributed by atoms with Gasteiger partial charge in [-0.1, -0.05) is 5.11 Å². The van der Waals surface area contributed by atoms with Crippen LogP contribution in [0.15, 0.2) is 17.2 Å². The minimum absolute atomic E-state index is 0.0137. The molecule has 0 amide bonds. The first kappa shape index (κ1) is 15.8. The molecule has 1 aromatic rings. The van der Waals surface area contributed by atoms with E-state index >= 15 is 0 Å². The zero-order chi connectivity index (χ0) is 15.1. The summed E-state index contributed by atoms with van der Waals surface area (Å²) in [4.78, 5) is 13.5. The van der Waals surface area contributed by atoms with Crippen LogP contribution >= 0.6 is 0 Å². The molecule has 20 heavy (non-hydrogen) atoms. The van der Waals surface area contributed by atoms with E-state index in [2.05, 4.69) is 10.0 Å². The van der Waals surface area contributed by atoms with Gasteiger partial charge in [0.15, 0.2) is 17.8 Å². The molecule has 0 aliphatic heterocycles. The van der Waals surface area contributed by atoms with E-state index < -0.39 is 18.0 Å². The summed E-state index contributed by atoms with van der Waals surface area (Å²) < 4.78 is 4.89. The summed E-state index contributed by atoms with van der Waals surface area (Å²) in [6.07, 6.45) is -2.35. The van der Waals surface area contributed by atoms with E-state index in [-0.39, 0.29) is 29.8 Å². The van der Waals surface area contributed by atoms with Gasteiger partial charge in [0.25, 0.3) is 0 Å². The molecular weight excluding hydrogens is 266 g/mol. The van der Waals surface area contributed by atoms with E-state index in [9.17, 15) is 20.1 Å². The summed E-state index contributed by atoms with van der Waals surface area (Å²) in [6.45, 7) is -0.0180. The number of azide groups is 1. The Hall–Kier alpha value is -2.28. The van der Waals surface area contributed by atoms with Crippen LogP contribution < -0.4 is 4.74 Å². The van der Waals surface area contributed by atoms with Crippen LogP contribution in [0.3, 0.4) is 0 Å². The SMILES string of the molecule is COc1ccc(C=O)c(C(O)C(O)CCN=[N+]=[N-])c1O. The fourth-order valence-electron chi connectivity index (χ4n) is 1.77. The summed E-state index contributed by atoms with van der Waals surface area (Å²) in [5, 5.41) is 33.0. The number of aliphatic hydroxyl groups is 2. The molecule has 8 nitrogen and oxygen atoms in total. The van der Waals surface area contributed by atoms with Crippen LogP contribution in [0.2, 0.25) is 0 Å². The number of aromatic hydroxyl groups is 1. The Kier molecular flexibility index (Phi) is 5.79. The number of hydrogen-bond donors (Lipinski definition) is 3. The normalized spacial score (nSPS) is 13.2. The fraction of sp³-hybridized carbons (Fsp3) is 0.417. The maximum absolute atomic E-state index is 11.0. The number of phenolic OH excluding ortho intramolecular Hbond substituents is 1. The molecule has 2 unspecified atom stereocenters. The van der Waals surface area contributed by atoms with Gasteiger partial charge in [-0.3, -0.25) is 4.79 Å². The highest BCUT2D eigenvalue weighted by atomic mass is 16.5. The number of nitrogens with zero attached hydrogens (tertiary/aromatic N) is 3. The van der Waals surface area contributed by atoms with Crippen molar-refractivity contribution in [1.29, 1.82) is 0 Å². The molecule has 108 valence electrons. The smallest absolute Gasteiger partial charge is 0.164 e. The summed E-state index contributed by atoms with van der Waals surface area (Å²) >= 11 is 0. The lowest BCUT2D eigenvalue weighted by Crippen LogP contribution is -2.20. The number of phenols is 1. The van der Waals surface area contributed by atoms with Crippen molar-refractivity contribution in [2.45, 2.75) is 18.6 Å². The minimum Gasteiger partial charge on any atom is -0.504 e. The third kappa shape index (κ3) is 3.39. The monoisotopic (exact) mass is 281 g/mol. The van der Waals surface area contributed by atoms with Crippen LogP contribution in [0.5, 0.6) is 11.5 Å². The van der Waals surface area contributed by atoms with Gasteiger partial charge >= 0.3 is 0 Å². The molecule has 0 heterocycles. The van der Waals surface area contributed by atoms with Gasteiger partial charge in [0.1, 0.15) is 6.10 Å². The van der Waals surface area contributed by atoms with Crippen LogP contribution in [0.25, 0.3) is 10.4 Å². The van der Waals surface area contributed by atoms with E-state index in [0.29, 0.717) is 6.29 Å². The van der Waals surface area contributed by atoms with Crippen molar-refractivity contribution in [2.24, 2.45) is 5.11 Å². The Bertz CT molecular complexity index is 528. The number of carbonyl (C=O) groups is 1. The van der Waals surface area contributed by atoms with E-state index in [1.54, 1.807) is 0 Å². The van der Waals surface area contributed by atoms with Crippen molar-refractivity contribution in [1.82, 2.24) is 0 Å². The van der Waals surface area contributed by atoms with Crippen molar-refractivity contribution >= 4 is 6.29 Å². The fourth-order valence-corrected chi connectivity index (χ4v) is 1.77. The summed E-state index contributed by atoms with van der Waals surface area (Å²) in [6, 6.07) is 2.74. The van der Waals surface area contributed by atoms with Gasteiger partial charge in [-0.2, -0.15) is 0 Å². The maximum Gasteiger partial charge on any atom is 0.164 e. The molecule has 0 aromatic heterocycles. The average Bonchev–Trinajstić information content (AvgIpc) is 2.46. The van der Waals surface area contributed by atoms with Gasteiger partial charge in [-0.25, -0.2) is 0 Å². The molecule has 0 fully saturated rings.